The van der Waals surface area contributed by atoms with Gasteiger partial charge in [0.1, 0.15) is 17.1 Å². The number of carbonyl (C=O) groups excluding carboxylic acids is 1. The second-order valence-corrected chi connectivity index (χ2v) is 4.74. The van der Waals surface area contributed by atoms with Crippen molar-refractivity contribution < 1.29 is 24.5 Å². The molecule has 2 N–H and O–H groups in total. The average Bonchev–Trinajstić information content (AvgIpc) is 2.52. The lowest BCUT2D eigenvalue weighted by Gasteiger charge is -2.17. The van der Waals surface area contributed by atoms with E-state index in [1.807, 2.05) is 30.3 Å². The van der Waals surface area contributed by atoms with E-state index in [-0.39, 0.29) is 17.1 Å². The van der Waals surface area contributed by atoms with E-state index in [9.17, 15) is 15.0 Å². The van der Waals surface area contributed by atoms with Gasteiger partial charge >= 0.3 is 5.97 Å². The Labute approximate surface area is 128 Å². The first kappa shape index (κ1) is 15.9. The van der Waals surface area contributed by atoms with Gasteiger partial charge in [-0.25, -0.2) is 4.79 Å². The van der Waals surface area contributed by atoms with Crippen LogP contribution in [0.2, 0.25) is 0 Å². The predicted molar refractivity (Wildman–Crippen MR) is 82.1 cm³/mol. The fraction of sp³-hybridized carbons (Fsp3) is 0.235. The van der Waals surface area contributed by atoms with Crippen molar-refractivity contribution in [3.63, 3.8) is 0 Å². The maximum absolute atomic E-state index is 12.0. The van der Waals surface area contributed by atoms with Crippen LogP contribution in [0, 0.1) is 0 Å². The van der Waals surface area contributed by atoms with Gasteiger partial charge < -0.3 is 19.7 Å². The third-order valence-electron chi connectivity index (χ3n) is 3.40. The number of hydrogen-bond donors (Lipinski definition) is 2. The van der Waals surface area contributed by atoms with Crippen molar-refractivity contribution in [1.29, 1.82) is 0 Å². The van der Waals surface area contributed by atoms with Crippen LogP contribution in [0.5, 0.6) is 11.5 Å². The molecule has 2 aromatic rings. The summed E-state index contributed by atoms with van der Waals surface area (Å²) in [7, 11) is 2.79. The molecular weight excluding hydrogens is 284 g/mol. The maximum atomic E-state index is 12.0. The molecule has 0 saturated carbocycles. The summed E-state index contributed by atoms with van der Waals surface area (Å²) in [5, 5.41) is 20.3. The molecule has 0 saturated heterocycles. The van der Waals surface area contributed by atoms with Crippen LogP contribution in [-0.2, 0) is 15.9 Å². The molecule has 0 radical (unpaired) electrons. The first-order chi connectivity index (χ1) is 10.6. The Hall–Kier alpha value is -2.53. The van der Waals surface area contributed by atoms with E-state index in [0.29, 0.717) is 24.2 Å². The van der Waals surface area contributed by atoms with E-state index in [1.165, 1.54) is 7.11 Å². The normalized spacial score (nSPS) is 10.5. The summed E-state index contributed by atoms with van der Waals surface area (Å²) in [5.74, 6) is -1.06. The van der Waals surface area contributed by atoms with Gasteiger partial charge in [0, 0.05) is 18.7 Å². The molecular formula is C17H18O5. The molecule has 0 atom stereocenters. The minimum absolute atomic E-state index is 0.0520. The van der Waals surface area contributed by atoms with E-state index in [2.05, 4.69) is 0 Å². The van der Waals surface area contributed by atoms with E-state index in [1.54, 1.807) is 7.11 Å². The van der Waals surface area contributed by atoms with Crippen LogP contribution in [0.1, 0.15) is 15.9 Å². The molecule has 5 heteroatoms. The standard InChI is InChI=1S/C17H18O5/c1-21-9-8-12-15(11-6-4-3-5-7-11)13(18)10-14(19)16(12)17(20)22-2/h3-7,10,18-19H,8-9H2,1-2H3. The zero-order chi connectivity index (χ0) is 16.1. The smallest absolute Gasteiger partial charge is 0.341 e. The first-order valence-electron chi connectivity index (χ1n) is 6.80. The van der Waals surface area contributed by atoms with E-state index < -0.39 is 5.97 Å². The fourth-order valence-corrected chi connectivity index (χ4v) is 2.42. The number of hydrogen-bond acceptors (Lipinski definition) is 5. The lowest BCUT2D eigenvalue weighted by molar-refractivity contribution is 0.0595. The van der Waals surface area contributed by atoms with E-state index in [4.69, 9.17) is 9.47 Å². The van der Waals surface area contributed by atoms with Crippen LogP contribution < -0.4 is 0 Å². The van der Waals surface area contributed by atoms with Crippen LogP contribution in [0.3, 0.4) is 0 Å². The summed E-state index contributed by atoms with van der Waals surface area (Å²) in [4.78, 5) is 12.0. The summed E-state index contributed by atoms with van der Waals surface area (Å²) < 4.78 is 9.82. The van der Waals surface area contributed by atoms with Crippen LogP contribution in [0.25, 0.3) is 11.1 Å². The Bertz CT molecular complexity index is 664. The lowest BCUT2D eigenvalue weighted by atomic mass is 9.91. The molecule has 5 nitrogen and oxygen atoms in total. The average molecular weight is 302 g/mol. The molecule has 22 heavy (non-hydrogen) atoms. The number of esters is 1. The Morgan fingerprint density at radius 2 is 1.77 bits per heavy atom. The number of ether oxygens (including phenoxy) is 2. The largest absolute Gasteiger partial charge is 0.507 e. The molecule has 0 aliphatic heterocycles. The van der Waals surface area contributed by atoms with Crippen molar-refractivity contribution in [2.75, 3.05) is 20.8 Å². The number of rotatable bonds is 5. The number of benzene rings is 2. The number of phenols is 2. The zero-order valence-electron chi connectivity index (χ0n) is 12.5. The summed E-state index contributed by atoms with van der Waals surface area (Å²) in [6, 6.07) is 10.3. The lowest BCUT2D eigenvalue weighted by Crippen LogP contribution is -2.10. The first-order valence-corrected chi connectivity index (χ1v) is 6.80. The summed E-state index contributed by atoms with van der Waals surface area (Å²) in [6.45, 7) is 0.340. The highest BCUT2D eigenvalue weighted by molar-refractivity contribution is 5.97. The molecule has 0 aromatic heterocycles. The maximum Gasteiger partial charge on any atom is 0.341 e. The molecule has 0 bridgehead atoms. The summed E-state index contributed by atoms with van der Waals surface area (Å²) in [5.41, 5.74) is 1.79. The molecule has 116 valence electrons. The molecule has 0 fully saturated rings. The van der Waals surface area contributed by atoms with E-state index >= 15 is 0 Å². The minimum Gasteiger partial charge on any atom is -0.507 e. The number of aromatic hydroxyl groups is 2. The zero-order valence-corrected chi connectivity index (χ0v) is 12.5. The van der Waals surface area contributed by atoms with Crippen LogP contribution in [-0.4, -0.2) is 37.0 Å². The van der Waals surface area contributed by atoms with Crippen LogP contribution in [0.15, 0.2) is 36.4 Å². The van der Waals surface area contributed by atoms with Gasteiger partial charge in [-0.3, -0.25) is 0 Å². The highest BCUT2D eigenvalue weighted by Gasteiger charge is 2.24. The predicted octanol–water partition coefficient (Wildman–Crippen LogP) is 2.74. The molecule has 0 aliphatic carbocycles. The van der Waals surface area contributed by atoms with Gasteiger partial charge in [-0.05, 0) is 17.5 Å². The van der Waals surface area contributed by atoms with Gasteiger partial charge in [-0.15, -0.1) is 0 Å². The van der Waals surface area contributed by atoms with Gasteiger partial charge in [0.15, 0.2) is 0 Å². The molecule has 0 amide bonds. The Morgan fingerprint density at radius 1 is 1.09 bits per heavy atom. The fourth-order valence-electron chi connectivity index (χ4n) is 2.42. The van der Waals surface area contributed by atoms with Gasteiger partial charge in [-0.2, -0.15) is 0 Å². The quantitative estimate of drug-likeness (QED) is 0.831. The van der Waals surface area contributed by atoms with Crippen molar-refractivity contribution in [2.24, 2.45) is 0 Å². The molecule has 0 spiro atoms. The SMILES string of the molecule is COCCc1c(C(=O)OC)c(O)cc(O)c1-c1ccccc1. The molecule has 2 aromatic carbocycles. The second-order valence-electron chi connectivity index (χ2n) is 4.74. The molecule has 0 heterocycles. The number of carbonyl (C=O) groups is 1. The third kappa shape index (κ3) is 3.04. The Kier molecular flexibility index (Phi) is 5.01. The highest BCUT2D eigenvalue weighted by atomic mass is 16.5. The monoisotopic (exact) mass is 302 g/mol. The molecule has 0 aliphatic rings. The Balaban J connectivity index is 2.72. The van der Waals surface area contributed by atoms with E-state index in [0.717, 1.165) is 11.6 Å². The van der Waals surface area contributed by atoms with Crippen LogP contribution >= 0.6 is 0 Å². The minimum atomic E-state index is -0.652. The van der Waals surface area contributed by atoms with Crippen molar-refractivity contribution in [2.45, 2.75) is 6.42 Å². The van der Waals surface area contributed by atoms with Gasteiger partial charge in [0.2, 0.25) is 0 Å². The van der Waals surface area contributed by atoms with Crippen molar-refractivity contribution in [1.82, 2.24) is 0 Å². The highest BCUT2D eigenvalue weighted by Crippen LogP contribution is 2.40. The summed E-state index contributed by atoms with van der Waals surface area (Å²) >= 11 is 0. The topological polar surface area (TPSA) is 76.0 Å². The molecule has 0 unspecified atom stereocenters. The second kappa shape index (κ2) is 6.95. The van der Waals surface area contributed by atoms with Gasteiger partial charge in [-0.1, -0.05) is 30.3 Å². The third-order valence-corrected chi connectivity index (χ3v) is 3.40. The number of phenolic OH excluding ortho intramolecular Hbond substituents is 2. The van der Waals surface area contributed by atoms with Crippen molar-refractivity contribution >= 4 is 5.97 Å². The van der Waals surface area contributed by atoms with Gasteiger partial charge in [0.25, 0.3) is 0 Å². The molecule has 2 rings (SSSR count). The van der Waals surface area contributed by atoms with Crippen molar-refractivity contribution in [3.05, 3.63) is 47.5 Å². The number of methoxy groups -OCH3 is 2. The van der Waals surface area contributed by atoms with Gasteiger partial charge in [0.05, 0.1) is 13.7 Å². The summed E-state index contributed by atoms with van der Waals surface area (Å²) in [6.07, 6.45) is 0.354. The van der Waals surface area contributed by atoms with Crippen molar-refractivity contribution in [3.8, 4) is 22.6 Å². The Morgan fingerprint density at radius 3 is 2.36 bits per heavy atom. The van der Waals surface area contributed by atoms with Crippen LogP contribution in [0.4, 0.5) is 0 Å².